The van der Waals surface area contributed by atoms with Crippen molar-refractivity contribution in [3.05, 3.63) is 30.1 Å². The Balaban J connectivity index is 1.65. The summed E-state index contributed by atoms with van der Waals surface area (Å²) in [5.74, 6) is 1.00. The Kier molecular flexibility index (Phi) is 5.66. The van der Waals surface area contributed by atoms with Gasteiger partial charge in [0.2, 0.25) is 0 Å². The minimum absolute atomic E-state index is 1.00. The molecule has 2 rings (SSSR count). The van der Waals surface area contributed by atoms with Gasteiger partial charge in [0.05, 0.1) is 0 Å². The van der Waals surface area contributed by atoms with Crippen LogP contribution in [0.1, 0.15) is 44.6 Å². The maximum atomic E-state index is 4.07. The summed E-state index contributed by atoms with van der Waals surface area (Å²) >= 11 is 0. The molecule has 0 atom stereocenters. The number of aromatic nitrogens is 1. The fourth-order valence-electron chi connectivity index (χ4n) is 2.83. The Hall–Kier alpha value is -0.890. The van der Waals surface area contributed by atoms with Crippen molar-refractivity contribution in [1.82, 2.24) is 9.88 Å². The number of unbranched alkanes of at least 4 members (excludes halogenated alkanes) is 1. The molecule has 0 aromatic carbocycles. The van der Waals surface area contributed by atoms with Gasteiger partial charge in [0.1, 0.15) is 0 Å². The van der Waals surface area contributed by atoms with Crippen LogP contribution >= 0.6 is 0 Å². The van der Waals surface area contributed by atoms with Gasteiger partial charge in [0, 0.05) is 18.9 Å². The van der Waals surface area contributed by atoms with Crippen molar-refractivity contribution in [2.24, 2.45) is 5.92 Å². The van der Waals surface area contributed by atoms with Crippen molar-refractivity contribution in [3.63, 3.8) is 0 Å². The highest BCUT2D eigenvalue weighted by Gasteiger charge is 2.18. The molecule has 1 saturated heterocycles. The zero-order chi connectivity index (χ0) is 12.6. The lowest BCUT2D eigenvalue weighted by molar-refractivity contribution is 0.179. The van der Waals surface area contributed by atoms with E-state index in [2.05, 4.69) is 28.9 Å². The Bertz CT molecular complexity index is 315. The molecule has 0 bridgehead atoms. The van der Waals surface area contributed by atoms with Crippen LogP contribution < -0.4 is 0 Å². The second kappa shape index (κ2) is 7.52. The maximum absolute atomic E-state index is 4.07. The molecule has 2 heterocycles. The predicted molar refractivity (Wildman–Crippen MR) is 76.6 cm³/mol. The number of rotatable bonds is 6. The van der Waals surface area contributed by atoms with Gasteiger partial charge in [0.25, 0.3) is 0 Å². The molecule has 0 N–H and O–H groups in total. The van der Waals surface area contributed by atoms with Crippen LogP contribution in [0.4, 0.5) is 0 Å². The van der Waals surface area contributed by atoms with E-state index in [0.717, 1.165) is 5.92 Å². The summed E-state index contributed by atoms with van der Waals surface area (Å²) in [4.78, 5) is 6.69. The summed E-state index contributed by atoms with van der Waals surface area (Å²) in [7, 11) is 0. The summed E-state index contributed by atoms with van der Waals surface area (Å²) in [6, 6.07) is 4.27. The summed E-state index contributed by atoms with van der Waals surface area (Å²) < 4.78 is 0. The van der Waals surface area contributed by atoms with Gasteiger partial charge in [-0.1, -0.05) is 26.2 Å². The molecule has 2 heteroatoms. The zero-order valence-corrected chi connectivity index (χ0v) is 11.6. The number of pyridine rings is 1. The average Bonchev–Trinajstić information content (AvgIpc) is 2.45. The summed E-state index contributed by atoms with van der Waals surface area (Å²) in [5, 5.41) is 0. The van der Waals surface area contributed by atoms with Crippen LogP contribution in [0.3, 0.4) is 0 Å². The quantitative estimate of drug-likeness (QED) is 0.763. The first-order valence-corrected chi connectivity index (χ1v) is 7.49. The van der Waals surface area contributed by atoms with Gasteiger partial charge in [-0.2, -0.15) is 0 Å². The normalized spacial score (nSPS) is 18.1. The lowest BCUT2D eigenvalue weighted by atomic mass is 9.91. The van der Waals surface area contributed by atoms with E-state index >= 15 is 0 Å². The fraction of sp³-hybridized carbons (Fsp3) is 0.688. The van der Waals surface area contributed by atoms with E-state index in [-0.39, 0.29) is 0 Å². The highest BCUT2D eigenvalue weighted by atomic mass is 15.1. The number of piperidine rings is 1. The third-order valence-corrected chi connectivity index (χ3v) is 4.14. The van der Waals surface area contributed by atoms with E-state index in [1.807, 2.05) is 12.4 Å². The lowest BCUT2D eigenvalue weighted by Gasteiger charge is -2.32. The molecule has 1 aromatic rings. The van der Waals surface area contributed by atoms with Crippen LogP contribution in [0.2, 0.25) is 0 Å². The molecule has 0 spiro atoms. The second-order valence-corrected chi connectivity index (χ2v) is 5.53. The summed E-state index contributed by atoms with van der Waals surface area (Å²) in [5.41, 5.74) is 1.41. The Morgan fingerprint density at radius 1 is 1.22 bits per heavy atom. The third-order valence-electron chi connectivity index (χ3n) is 4.14. The maximum Gasteiger partial charge on any atom is 0.0270 e. The molecule has 1 aromatic heterocycles. The predicted octanol–water partition coefficient (Wildman–Crippen LogP) is 3.53. The number of hydrogen-bond donors (Lipinski definition) is 0. The average molecular weight is 246 g/mol. The van der Waals surface area contributed by atoms with E-state index in [1.54, 1.807) is 0 Å². The summed E-state index contributed by atoms with van der Waals surface area (Å²) in [6.07, 6.45) is 12.0. The van der Waals surface area contributed by atoms with Crippen molar-refractivity contribution >= 4 is 0 Å². The van der Waals surface area contributed by atoms with Crippen LogP contribution in [0.25, 0.3) is 0 Å². The van der Waals surface area contributed by atoms with Gasteiger partial charge >= 0.3 is 0 Å². The molecule has 0 amide bonds. The molecule has 0 radical (unpaired) electrons. The molecule has 0 unspecified atom stereocenters. The van der Waals surface area contributed by atoms with Crippen molar-refractivity contribution < 1.29 is 0 Å². The van der Waals surface area contributed by atoms with E-state index in [9.17, 15) is 0 Å². The molecule has 1 aliphatic rings. The molecule has 18 heavy (non-hydrogen) atoms. The lowest BCUT2D eigenvalue weighted by Crippen LogP contribution is -2.35. The fourth-order valence-corrected chi connectivity index (χ4v) is 2.83. The van der Waals surface area contributed by atoms with Crippen LogP contribution in [-0.2, 0) is 6.42 Å². The van der Waals surface area contributed by atoms with Gasteiger partial charge in [-0.3, -0.25) is 4.98 Å². The second-order valence-electron chi connectivity index (χ2n) is 5.53. The first kappa shape index (κ1) is 13.5. The Morgan fingerprint density at radius 3 is 2.61 bits per heavy atom. The third kappa shape index (κ3) is 4.41. The smallest absolute Gasteiger partial charge is 0.0270 e. The number of hydrogen-bond acceptors (Lipinski definition) is 2. The minimum Gasteiger partial charge on any atom is -0.303 e. The van der Waals surface area contributed by atoms with Gasteiger partial charge in [-0.05, 0) is 56.0 Å². The summed E-state index contributed by atoms with van der Waals surface area (Å²) in [6.45, 7) is 6.12. The van der Waals surface area contributed by atoms with Gasteiger partial charge in [-0.25, -0.2) is 0 Å². The van der Waals surface area contributed by atoms with E-state index in [4.69, 9.17) is 0 Å². The van der Waals surface area contributed by atoms with Crippen molar-refractivity contribution in [3.8, 4) is 0 Å². The molecule has 0 saturated carbocycles. The zero-order valence-electron chi connectivity index (χ0n) is 11.6. The van der Waals surface area contributed by atoms with Gasteiger partial charge < -0.3 is 4.90 Å². The van der Waals surface area contributed by atoms with Gasteiger partial charge in [0.15, 0.2) is 0 Å². The monoisotopic (exact) mass is 246 g/mol. The molecule has 0 aliphatic carbocycles. The number of nitrogens with zero attached hydrogens (tertiary/aromatic N) is 2. The SMILES string of the molecule is CCCCC1CCN(CCc2ccncc2)CC1. The molecule has 100 valence electrons. The molecule has 1 fully saturated rings. The molecule has 2 nitrogen and oxygen atoms in total. The minimum atomic E-state index is 1.00. The highest BCUT2D eigenvalue weighted by molar-refractivity contribution is 5.09. The van der Waals surface area contributed by atoms with Crippen LogP contribution in [0.15, 0.2) is 24.5 Å². The van der Waals surface area contributed by atoms with Crippen molar-refractivity contribution in [2.45, 2.75) is 45.4 Å². The van der Waals surface area contributed by atoms with E-state index in [1.165, 1.54) is 63.7 Å². The molecular weight excluding hydrogens is 220 g/mol. The number of likely N-dealkylation sites (tertiary alicyclic amines) is 1. The molecule has 1 aliphatic heterocycles. The Labute approximate surface area is 111 Å². The topological polar surface area (TPSA) is 16.1 Å². The Morgan fingerprint density at radius 2 is 1.94 bits per heavy atom. The molecular formula is C16H26N2. The van der Waals surface area contributed by atoms with Crippen molar-refractivity contribution in [1.29, 1.82) is 0 Å². The van der Waals surface area contributed by atoms with Crippen LogP contribution in [0.5, 0.6) is 0 Å². The first-order valence-electron chi connectivity index (χ1n) is 7.49. The van der Waals surface area contributed by atoms with E-state index < -0.39 is 0 Å². The van der Waals surface area contributed by atoms with Gasteiger partial charge in [-0.15, -0.1) is 0 Å². The van der Waals surface area contributed by atoms with Crippen molar-refractivity contribution in [2.75, 3.05) is 19.6 Å². The largest absolute Gasteiger partial charge is 0.303 e. The van der Waals surface area contributed by atoms with Crippen LogP contribution in [0, 0.1) is 5.92 Å². The van der Waals surface area contributed by atoms with E-state index in [0.29, 0.717) is 0 Å². The van der Waals surface area contributed by atoms with Crippen LogP contribution in [-0.4, -0.2) is 29.5 Å². The highest BCUT2D eigenvalue weighted by Crippen LogP contribution is 2.22. The standard InChI is InChI=1S/C16H26N2/c1-2-3-4-15-7-12-18(13-8-15)14-9-16-5-10-17-11-6-16/h5-6,10-11,15H,2-4,7-9,12-14H2,1H3. The first-order chi connectivity index (χ1) is 8.88.